The molecule has 5 aliphatic rings. The summed E-state index contributed by atoms with van der Waals surface area (Å²) in [6.07, 6.45) is -2.07. The first-order chi connectivity index (χ1) is 41.0. The van der Waals surface area contributed by atoms with E-state index in [2.05, 4.69) is 21.6 Å². The van der Waals surface area contributed by atoms with Crippen LogP contribution in [0.25, 0.3) is 0 Å². The Morgan fingerprint density at radius 3 is 2.17 bits per heavy atom. The average molecular weight is 1130 g/mol. The Morgan fingerprint density at radius 1 is 0.762 bits per heavy atom. The number of para-hydroxylation sites is 1. The molecule has 426 valence electrons. The van der Waals surface area contributed by atoms with E-state index >= 15 is 19.2 Å². The van der Waals surface area contributed by atoms with Crippen molar-refractivity contribution >= 4 is 35.3 Å². The molecule has 1 N–H and O–H groups in total. The predicted octanol–water partition coefficient (Wildman–Crippen LogP) is 8.52. The minimum absolute atomic E-state index is 0.106. The molecule has 3 amide bonds. The Bertz CT molecular complexity index is 3670. The molecule has 3 fully saturated rings. The number of rotatable bonds is 15. The summed E-state index contributed by atoms with van der Waals surface area (Å²) in [7, 11) is 1.96. The number of aliphatic hydroxyl groups is 1. The lowest BCUT2D eigenvalue weighted by Gasteiger charge is -2.46. The molecule has 12 rings (SSSR count). The molecular weight excluding hydrogens is 1070 g/mol. The topological polar surface area (TPSA) is 194 Å². The molecule has 0 aromatic heterocycles. The number of nitrogens with zero attached hydrogens (tertiary/aromatic N) is 6. The molecule has 5 heterocycles. The number of morpholine rings is 1. The van der Waals surface area contributed by atoms with Gasteiger partial charge in [0.05, 0.1) is 41.8 Å². The number of nitro benzene ring substituents is 1. The number of anilines is 1. The van der Waals surface area contributed by atoms with Gasteiger partial charge in [-0.05, 0) is 89.0 Å². The zero-order valence-corrected chi connectivity index (χ0v) is 46.0. The summed E-state index contributed by atoms with van der Waals surface area (Å²) in [4.78, 5) is 84.9. The second-order valence-electron chi connectivity index (χ2n) is 21.5. The van der Waals surface area contributed by atoms with Gasteiger partial charge in [0.1, 0.15) is 36.5 Å². The number of carbonyl (C=O) groups excluding carboxylic acids is 4. The number of benzene rings is 7. The SMILES string of the molecule is CN(CC#Cc1ccc2c(c1)[C@]1(C(=O)N2C(=O)OCc2ccc([N+](=O)[O-])cc2)[C@H](C(=O)N2CCN(Cc3ccc4c(c3)OCO4)CC2)[C@H]2C(=O)O[C@H](c3ccccc3)[C@H](c3ccccc3)N2[C@@H]1c1ccccc1OCCO)Cc1ccccc1. The number of aliphatic hydroxyl groups excluding tert-OH is 1. The highest BCUT2D eigenvalue weighted by atomic mass is 16.7. The fraction of sp³-hybridized carbons (Fsp3) is 0.273. The fourth-order valence-corrected chi connectivity index (χ4v) is 12.7. The van der Waals surface area contributed by atoms with Crippen LogP contribution in [0.5, 0.6) is 17.2 Å². The van der Waals surface area contributed by atoms with Crippen LogP contribution < -0.4 is 19.1 Å². The normalized spacial score (nSPS) is 21.6. The molecule has 6 atom stereocenters. The number of esters is 1. The zero-order valence-electron chi connectivity index (χ0n) is 46.0. The zero-order chi connectivity index (χ0) is 57.9. The standard InChI is InChI=1S/C66H60N6O12/c1-67(40-45-14-5-2-6-15-45)31-13-16-44-25-29-53-52(38-44)66(64(76)70(53)65(77)81-42-46-23-27-50(28-24-46)72(78)79)57(62(74)69-34-32-68(33-35-69)41-47-26-30-55-56(39-47)83-43-82-55)59-63(75)84-60(49-19-9-4-10-20-49)58(48-17-7-3-8-18-48)71(59)61(66)51-21-11-12-22-54(51)80-37-36-73/h2-12,14-15,17-30,38-39,57-61,73H,31-37,40-43H2,1H3/t57-,58-,59-,60+,61+,66-/m0/s1. The number of carbonyl (C=O) groups is 4. The van der Waals surface area contributed by atoms with E-state index in [1.807, 2.05) is 121 Å². The smallest absolute Gasteiger partial charge is 0.421 e. The van der Waals surface area contributed by atoms with Crippen LogP contribution >= 0.6 is 0 Å². The third-order valence-electron chi connectivity index (χ3n) is 16.4. The van der Waals surface area contributed by atoms with E-state index < -0.39 is 64.4 Å². The van der Waals surface area contributed by atoms with Crippen molar-refractivity contribution in [3.8, 4) is 29.1 Å². The van der Waals surface area contributed by atoms with Gasteiger partial charge in [-0.25, -0.2) is 9.69 Å². The Labute approximate surface area is 485 Å². The van der Waals surface area contributed by atoms with Crippen molar-refractivity contribution in [1.29, 1.82) is 0 Å². The molecule has 5 aliphatic heterocycles. The Hall–Kier alpha value is -9.38. The molecule has 3 saturated heterocycles. The van der Waals surface area contributed by atoms with Gasteiger partial charge in [0.2, 0.25) is 18.6 Å². The summed E-state index contributed by atoms with van der Waals surface area (Å²) in [5.41, 5.74) is 2.80. The molecular formula is C66H60N6O12. The van der Waals surface area contributed by atoms with Gasteiger partial charge in [-0.3, -0.25) is 39.2 Å². The van der Waals surface area contributed by atoms with Crippen LogP contribution in [-0.4, -0.2) is 119 Å². The van der Waals surface area contributed by atoms with Crippen LogP contribution in [-0.2, 0) is 49.0 Å². The number of hydrogen-bond donors (Lipinski definition) is 1. The van der Waals surface area contributed by atoms with Crippen molar-refractivity contribution in [2.45, 2.75) is 49.3 Å². The summed E-state index contributed by atoms with van der Waals surface area (Å²) in [5, 5.41) is 21.9. The number of piperazine rings is 1. The van der Waals surface area contributed by atoms with Crippen LogP contribution in [0.15, 0.2) is 176 Å². The van der Waals surface area contributed by atoms with E-state index in [9.17, 15) is 15.2 Å². The maximum Gasteiger partial charge on any atom is 0.421 e. The number of ether oxygens (including phenoxy) is 5. The minimum Gasteiger partial charge on any atom is -0.491 e. The van der Waals surface area contributed by atoms with Gasteiger partial charge in [0.15, 0.2) is 11.5 Å². The third-order valence-corrected chi connectivity index (χ3v) is 16.4. The van der Waals surface area contributed by atoms with E-state index in [0.29, 0.717) is 72.0 Å². The van der Waals surface area contributed by atoms with Crippen molar-refractivity contribution in [2.24, 2.45) is 5.92 Å². The Kier molecular flexibility index (Phi) is 15.7. The van der Waals surface area contributed by atoms with Crippen LogP contribution in [0, 0.1) is 27.9 Å². The summed E-state index contributed by atoms with van der Waals surface area (Å²) < 4.78 is 30.4. The second kappa shape index (κ2) is 23.8. The van der Waals surface area contributed by atoms with E-state index in [0.717, 1.165) is 16.0 Å². The van der Waals surface area contributed by atoms with Crippen molar-refractivity contribution in [3.63, 3.8) is 0 Å². The summed E-state index contributed by atoms with van der Waals surface area (Å²) in [6, 6.07) is 48.7. The predicted molar refractivity (Wildman–Crippen MR) is 308 cm³/mol. The highest BCUT2D eigenvalue weighted by molar-refractivity contribution is 6.23. The Morgan fingerprint density at radius 2 is 1.44 bits per heavy atom. The van der Waals surface area contributed by atoms with Gasteiger partial charge in [0.25, 0.3) is 5.69 Å². The lowest BCUT2D eigenvalue weighted by molar-refractivity contribution is -0.384. The van der Waals surface area contributed by atoms with Gasteiger partial charge in [0, 0.05) is 62.5 Å². The van der Waals surface area contributed by atoms with Crippen molar-refractivity contribution in [1.82, 2.24) is 19.6 Å². The van der Waals surface area contributed by atoms with E-state index in [1.165, 1.54) is 24.3 Å². The summed E-state index contributed by atoms with van der Waals surface area (Å²) in [6.45, 7) is 2.13. The molecule has 0 bridgehead atoms. The van der Waals surface area contributed by atoms with Gasteiger partial charge in [-0.2, -0.15) is 0 Å². The van der Waals surface area contributed by atoms with Crippen molar-refractivity contribution in [3.05, 3.63) is 231 Å². The monoisotopic (exact) mass is 1130 g/mol. The van der Waals surface area contributed by atoms with Gasteiger partial charge >= 0.3 is 12.1 Å². The van der Waals surface area contributed by atoms with Crippen LogP contribution in [0.1, 0.15) is 62.7 Å². The van der Waals surface area contributed by atoms with E-state index in [4.69, 9.17) is 23.7 Å². The lowest BCUT2D eigenvalue weighted by Crippen LogP contribution is -2.59. The van der Waals surface area contributed by atoms with E-state index in [1.54, 1.807) is 47.4 Å². The van der Waals surface area contributed by atoms with Crippen molar-refractivity contribution < 1.29 is 52.9 Å². The molecule has 7 aromatic rings. The molecule has 0 unspecified atom stereocenters. The number of cyclic esters (lactones) is 1. The first kappa shape index (κ1) is 55.2. The number of hydrogen-bond acceptors (Lipinski definition) is 15. The summed E-state index contributed by atoms with van der Waals surface area (Å²) in [5.74, 6) is 4.56. The maximum absolute atomic E-state index is 17.1. The second-order valence-corrected chi connectivity index (χ2v) is 21.5. The first-order valence-corrected chi connectivity index (χ1v) is 27.9. The molecule has 0 radical (unpaired) electrons. The molecule has 0 aliphatic carbocycles. The largest absolute Gasteiger partial charge is 0.491 e. The molecule has 7 aromatic carbocycles. The number of fused-ring (bicyclic) bond motifs is 4. The lowest BCUT2D eigenvalue weighted by atomic mass is 9.64. The van der Waals surface area contributed by atoms with Crippen LogP contribution in [0.2, 0.25) is 0 Å². The quantitative estimate of drug-likeness (QED) is 0.0444. The summed E-state index contributed by atoms with van der Waals surface area (Å²) >= 11 is 0. The maximum atomic E-state index is 17.1. The first-order valence-electron chi connectivity index (χ1n) is 27.9. The van der Waals surface area contributed by atoms with Gasteiger partial charge in [-0.1, -0.05) is 127 Å². The highest BCUT2D eigenvalue weighted by Gasteiger charge is 2.76. The fourth-order valence-electron chi connectivity index (χ4n) is 12.7. The molecule has 1 spiro atoms. The third kappa shape index (κ3) is 10.5. The molecule has 0 saturated carbocycles. The molecule has 18 heteroatoms. The van der Waals surface area contributed by atoms with Crippen LogP contribution in [0.3, 0.4) is 0 Å². The number of imide groups is 1. The number of amides is 3. The number of nitro groups is 1. The van der Waals surface area contributed by atoms with Crippen LogP contribution in [0.4, 0.5) is 16.2 Å². The van der Waals surface area contributed by atoms with Gasteiger partial charge < -0.3 is 33.7 Å². The highest BCUT2D eigenvalue weighted by Crippen LogP contribution is 2.67. The van der Waals surface area contributed by atoms with Crippen molar-refractivity contribution in [2.75, 3.05) is 64.7 Å². The average Bonchev–Trinajstić information content (AvgIpc) is 1.51. The van der Waals surface area contributed by atoms with E-state index in [-0.39, 0.29) is 62.4 Å². The number of non-ortho nitro benzene ring substituents is 1. The Balaban J connectivity index is 1.04. The molecule has 84 heavy (non-hydrogen) atoms. The minimum atomic E-state index is -2.16. The molecule has 18 nitrogen and oxygen atoms in total. The van der Waals surface area contributed by atoms with Gasteiger partial charge in [-0.15, -0.1) is 0 Å².